The highest BCUT2D eigenvalue weighted by Crippen LogP contribution is 2.25. The molecule has 0 fully saturated rings. The topological polar surface area (TPSA) is 316 Å². The summed E-state index contributed by atoms with van der Waals surface area (Å²) in [6.45, 7) is 0. The van der Waals surface area contributed by atoms with Crippen LogP contribution in [0.3, 0.4) is 0 Å². The van der Waals surface area contributed by atoms with E-state index >= 15 is 0 Å². The maximum absolute atomic E-state index is 9.10. The van der Waals surface area contributed by atoms with E-state index in [1.807, 2.05) is 0 Å². The first-order valence-corrected chi connectivity index (χ1v) is 7.50. The summed E-state index contributed by atoms with van der Waals surface area (Å²) in [5.41, 5.74) is 0. The Labute approximate surface area is 129 Å². The Hall–Kier alpha value is -1.15. The van der Waals surface area contributed by atoms with Crippen molar-refractivity contribution in [2.45, 2.75) is 0 Å². The van der Waals surface area contributed by atoms with E-state index in [2.05, 4.69) is 0 Å². The molecular formula is C2H13O16PS2Si. The lowest BCUT2D eigenvalue weighted by Crippen LogP contribution is -2.09. The first-order chi connectivity index (χ1) is 8.37. The smallest absolute Gasteiger partial charge is 0.511 e. The second-order valence-corrected chi connectivity index (χ2v) is 4.34. The van der Waals surface area contributed by atoms with E-state index in [-0.39, 0.29) is 19.0 Å². The van der Waals surface area contributed by atoms with E-state index in [1.54, 1.807) is 0 Å². The highest BCUT2D eigenvalue weighted by molar-refractivity contribution is 7.79. The van der Waals surface area contributed by atoms with Crippen LogP contribution in [-0.4, -0.2) is 78.6 Å². The number of carboxylic acid groups (broad SMARTS) is 2. The number of carboxylic acids is 2. The molecule has 0 aromatic rings. The van der Waals surface area contributed by atoms with Gasteiger partial charge in [-0.05, 0) is 0 Å². The Kier molecular flexibility index (Phi) is 30.3. The third kappa shape index (κ3) is 741. The van der Waals surface area contributed by atoms with Gasteiger partial charge in [0.05, 0.1) is 0 Å². The van der Waals surface area contributed by atoms with Crippen LogP contribution in [0, 0.1) is 0 Å². The predicted octanol–water partition coefficient (Wildman–Crippen LogP) is -4.75. The summed E-state index contributed by atoms with van der Waals surface area (Å²) in [5, 5.41) is 14.8. The maximum atomic E-state index is 9.10. The van der Waals surface area contributed by atoms with Crippen molar-refractivity contribution in [2.75, 3.05) is 0 Å². The van der Waals surface area contributed by atoms with Crippen molar-refractivity contribution < 1.29 is 76.1 Å². The average molecular weight is 416 g/mol. The fourth-order valence-electron chi connectivity index (χ4n) is 0. The maximum Gasteiger partial charge on any atom is 0.761 e. The molecule has 20 heteroatoms. The zero-order chi connectivity index (χ0) is 17.7. The zero-order valence-electron chi connectivity index (χ0n) is 9.83. The number of phosphoric acid groups is 1. The average Bonchev–Trinajstić information content (AvgIpc) is 1.94. The summed E-state index contributed by atoms with van der Waals surface area (Å²) < 4.78 is 49.2. The van der Waals surface area contributed by atoms with Gasteiger partial charge in [-0.25, -0.2) is 14.2 Å². The standard InChI is InChI=1S/C2H2O4.H3O4P.H2O4S.H2O3Si.H2O.H2S/c3-1(4)2(5)6;2*1-5(2,3)4;1-4(2)3;;/h(H,3,4)(H,5,6);(H3,1,2,3,4);(H2,1,2,3,4);1-2H;2*1H2. The van der Waals surface area contributed by atoms with Crippen LogP contribution in [-0.2, 0) is 29.0 Å². The molecule has 0 aliphatic rings. The second-order valence-electron chi connectivity index (χ2n) is 1.85. The molecule has 22 heavy (non-hydrogen) atoms. The van der Waals surface area contributed by atoms with Gasteiger partial charge in [-0.15, -0.1) is 0 Å². The van der Waals surface area contributed by atoms with Gasteiger partial charge >= 0.3 is 39.3 Å². The monoisotopic (exact) mass is 416 g/mol. The lowest BCUT2D eigenvalue weighted by Gasteiger charge is -1.82. The minimum Gasteiger partial charge on any atom is -0.511 e. The minimum absolute atomic E-state index is 0. The highest BCUT2D eigenvalue weighted by Gasteiger charge is 2.04. The van der Waals surface area contributed by atoms with Crippen LogP contribution >= 0.6 is 21.3 Å². The summed E-state index contributed by atoms with van der Waals surface area (Å²) >= 11 is 0. The Balaban J connectivity index is -0.0000000380. The van der Waals surface area contributed by atoms with Crippen LogP contribution in [0.2, 0.25) is 0 Å². The molecule has 0 unspecified atom stereocenters. The van der Waals surface area contributed by atoms with Gasteiger partial charge in [0.15, 0.2) is 0 Å². The van der Waals surface area contributed by atoms with Gasteiger partial charge in [-0.1, -0.05) is 0 Å². The summed E-state index contributed by atoms with van der Waals surface area (Å²) in [6, 6.07) is 0. The Morgan fingerprint density at radius 2 is 0.955 bits per heavy atom. The van der Waals surface area contributed by atoms with Crippen LogP contribution in [0.25, 0.3) is 0 Å². The second kappa shape index (κ2) is 17.9. The van der Waals surface area contributed by atoms with E-state index in [0.717, 1.165) is 0 Å². The summed E-state index contributed by atoms with van der Waals surface area (Å²) in [6.07, 6.45) is 0. The molecule has 0 amide bonds. The van der Waals surface area contributed by atoms with Crippen molar-refractivity contribution in [3.05, 3.63) is 0 Å². The molecule has 0 atom stereocenters. The van der Waals surface area contributed by atoms with Gasteiger partial charge in [-0.2, -0.15) is 21.9 Å². The van der Waals surface area contributed by atoms with Crippen LogP contribution in [0.5, 0.6) is 0 Å². The predicted molar refractivity (Wildman–Crippen MR) is 68.6 cm³/mol. The molecule has 0 aromatic heterocycles. The fraction of sp³-hybridized carbons (Fsp3) is 0. The van der Waals surface area contributed by atoms with Crippen LogP contribution in [0.1, 0.15) is 0 Å². The molecule has 0 spiro atoms. The van der Waals surface area contributed by atoms with Crippen LogP contribution < -0.4 is 0 Å². The number of rotatable bonds is 0. The minimum atomic E-state index is -4.67. The Bertz CT molecular complexity index is 415. The molecule has 0 saturated carbocycles. The van der Waals surface area contributed by atoms with Gasteiger partial charge in [0.25, 0.3) is 0 Å². The molecule has 16 nitrogen and oxygen atoms in total. The first-order valence-electron chi connectivity index (χ1n) is 3.24. The lowest BCUT2D eigenvalue weighted by atomic mass is 10.7. The molecule has 0 radical (unpaired) electrons. The molecule has 0 saturated heterocycles. The summed E-state index contributed by atoms with van der Waals surface area (Å²) in [5.74, 6) is -3.65. The van der Waals surface area contributed by atoms with Gasteiger partial charge in [0.1, 0.15) is 0 Å². The normalized spacial score (nSPS) is 8.41. The van der Waals surface area contributed by atoms with Crippen molar-refractivity contribution in [1.82, 2.24) is 0 Å². The highest BCUT2D eigenvalue weighted by atomic mass is 32.3. The summed E-state index contributed by atoms with van der Waals surface area (Å²) in [7, 11) is -12.4. The van der Waals surface area contributed by atoms with Crippen molar-refractivity contribution in [1.29, 1.82) is 0 Å². The van der Waals surface area contributed by atoms with Gasteiger partial charge in [0, 0.05) is 0 Å². The Morgan fingerprint density at radius 1 is 0.909 bits per heavy atom. The van der Waals surface area contributed by atoms with Gasteiger partial charge in [-0.3, -0.25) is 13.6 Å². The Morgan fingerprint density at radius 3 is 0.955 bits per heavy atom. The van der Waals surface area contributed by atoms with E-state index in [4.69, 9.17) is 70.6 Å². The van der Waals surface area contributed by atoms with E-state index in [1.165, 1.54) is 0 Å². The van der Waals surface area contributed by atoms with E-state index < -0.39 is 39.3 Å². The van der Waals surface area contributed by atoms with Crippen molar-refractivity contribution in [2.24, 2.45) is 0 Å². The van der Waals surface area contributed by atoms with E-state index in [0.29, 0.717) is 0 Å². The largest absolute Gasteiger partial charge is 0.761 e. The molecule has 0 heterocycles. The first kappa shape index (κ1) is 37.3. The quantitative estimate of drug-likeness (QED) is 0.0774. The number of carbonyl (C=O) groups is 2. The van der Waals surface area contributed by atoms with Crippen molar-refractivity contribution in [3.8, 4) is 0 Å². The van der Waals surface area contributed by atoms with Crippen LogP contribution in [0.15, 0.2) is 0 Å². The lowest BCUT2D eigenvalue weighted by molar-refractivity contribution is -0.159. The number of aliphatic carboxylic acids is 2. The molecular weight excluding hydrogens is 403 g/mol. The van der Waals surface area contributed by atoms with Gasteiger partial charge < -0.3 is 40.0 Å². The number of hydrogen-bond acceptors (Lipinski definition) is 6. The number of hydrogen-bond donors (Lipinski definition) is 9. The molecule has 0 aliphatic heterocycles. The molecule has 11 N–H and O–H groups in total. The zero-order valence-corrected chi connectivity index (χ0v) is 13.5. The van der Waals surface area contributed by atoms with E-state index in [9.17, 15) is 0 Å². The SMILES string of the molecule is O.O=C(O)C(=O)O.O=P(O)(O)O.O=S(=O)(O)O.O=[Si](O)O.S. The van der Waals surface area contributed by atoms with Crippen molar-refractivity contribution in [3.63, 3.8) is 0 Å². The summed E-state index contributed by atoms with van der Waals surface area (Å²) in [4.78, 5) is 54.1. The van der Waals surface area contributed by atoms with Gasteiger partial charge in [0.2, 0.25) is 0 Å². The molecule has 0 bridgehead atoms. The third-order valence-corrected chi connectivity index (χ3v) is 0.183. The molecule has 0 rings (SSSR count). The molecule has 0 aromatic carbocycles. The molecule has 0 aliphatic carbocycles. The van der Waals surface area contributed by atoms with Crippen molar-refractivity contribution >= 4 is 52.8 Å². The van der Waals surface area contributed by atoms with Crippen LogP contribution in [0.4, 0.5) is 0 Å². The molecule has 138 valence electrons. The third-order valence-electron chi connectivity index (χ3n) is 0.183. The fourth-order valence-corrected chi connectivity index (χ4v) is 0.